The molecular weight excluding hydrogens is 234 g/mol. The zero-order chi connectivity index (χ0) is 11.1. The van der Waals surface area contributed by atoms with E-state index in [-0.39, 0.29) is 11.5 Å². The lowest BCUT2D eigenvalue weighted by molar-refractivity contribution is -0.138. The van der Waals surface area contributed by atoms with Gasteiger partial charge >= 0.3 is 22.4 Å². The Hall–Kier alpha value is -1.09. The summed E-state index contributed by atoms with van der Waals surface area (Å²) >= 11 is 0.792. The van der Waals surface area contributed by atoms with Gasteiger partial charge in [0.25, 0.3) is 0 Å². The minimum atomic E-state index is -2.80. The highest BCUT2D eigenvalue weighted by atomic mass is 32.2. The van der Waals surface area contributed by atoms with Crippen LogP contribution in [0.1, 0.15) is 0 Å². The first-order chi connectivity index (χ1) is 6.43. The molecule has 1 unspecified atom stereocenters. The van der Waals surface area contributed by atoms with Crippen LogP contribution in [0.4, 0.5) is 0 Å². The van der Waals surface area contributed by atoms with Gasteiger partial charge in [-0.3, -0.25) is 4.79 Å². The van der Waals surface area contributed by atoms with Crippen LogP contribution in [-0.4, -0.2) is 48.1 Å². The van der Waals surface area contributed by atoms with Crippen molar-refractivity contribution in [3.8, 4) is 0 Å². The molecule has 0 heterocycles. The van der Waals surface area contributed by atoms with E-state index in [0.717, 1.165) is 11.8 Å². The second-order valence-corrected chi connectivity index (χ2v) is 3.76. The summed E-state index contributed by atoms with van der Waals surface area (Å²) in [6, 6.07) is -1.42. The fourth-order valence-electron chi connectivity index (χ4n) is 0.509. The number of carboxylic acid groups (broad SMARTS) is 2. The second kappa shape index (κ2) is 6.38. The highest BCUT2D eigenvalue weighted by molar-refractivity contribution is 8.00. The summed E-state index contributed by atoms with van der Waals surface area (Å²) in [7, 11) is -2.80. The van der Waals surface area contributed by atoms with E-state index in [1.165, 1.54) is 0 Å². The third kappa shape index (κ3) is 6.43. The Morgan fingerprint density at radius 2 is 1.93 bits per heavy atom. The molecule has 0 saturated heterocycles. The molecule has 0 saturated carbocycles. The summed E-state index contributed by atoms with van der Waals surface area (Å²) in [5, 5.41) is 16.7. The fourth-order valence-corrected chi connectivity index (χ4v) is 1.71. The van der Waals surface area contributed by atoms with Crippen LogP contribution < -0.4 is 0 Å². The Bertz CT molecular complexity index is 339. The van der Waals surface area contributed by atoms with Crippen molar-refractivity contribution < 1.29 is 28.2 Å². The van der Waals surface area contributed by atoms with Gasteiger partial charge in [0.1, 0.15) is 0 Å². The van der Waals surface area contributed by atoms with Gasteiger partial charge in [-0.05, 0) is 0 Å². The molecule has 0 rings (SSSR count). The van der Waals surface area contributed by atoms with E-state index in [0.29, 0.717) is 0 Å². The Morgan fingerprint density at radius 3 is 2.29 bits per heavy atom. The average Bonchev–Trinajstić information content (AvgIpc) is 2.00. The molecule has 0 aliphatic rings. The summed E-state index contributed by atoms with van der Waals surface area (Å²) < 4.78 is 23.0. The third-order valence-electron chi connectivity index (χ3n) is 1.000. The molecule has 0 fully saturated rings. The van der Waals surface area contributed by atoms with Crippen molar-refractivity contribution in [2.75, 3.05) is 11.5 Å². The molecule has 0 aromatic heterocycles. The number of thioether (sulfide) groups is 1. The van der Waals surface area contributed by atoms with Gasteiger partial charge in [0.05, 0.1) is 5.75 Å². The summed E-state index contributed by atoms with van der Waals surface area (Å²) in [6.07, 6.45) is 0. The van der Waals surface area contributed by atoms with Crippen molar-refractivity contribution in [3.05, 3.63) is 0 Å². The Balaban J connectivity index is 4.19. The van der Waals surface area contributed by atoms with Crippen molar-refractivity contribution in [3.63, 3.8) is 0 Å². The monoisotopic (exact) mass is 241 g/mol. The molecule has 0 aliphatic carbocycles. The molecule has 9 heteroatoms. The molecule has 0 radical (unpaired) electrons. The van der Waals surface area contributed by atoms with E-state index < -0.39 is 28.5 Å². The Labute approximate surface area is 84.8 Å². The molecule has 7 nitrogen and oxygen atoms in total. The van der Waals surface area contributed by atoms with Crippen LogP contribution in [0.2, 0.25) is 0 Å². The van der Waals surface area contributed by atoms with Crippen molar-refractivity contribution in [1.29, 1.82) is 0 Å². The number of hydrogen-bond acceptors (Lipinski definition) is 6. The normalized spacial score (nSPS) is 11.7. The quantitative estimate of drug-likeness (QED) is 0.631. The number of nitrogens with zero attached hydrogens (tertiary/aromatic N) is 1. The minimum absolute atomic E-state index is 0.185. The van der Waals surface area contributed by atoms with Gasteiger partial charge in [0.2, 0.25) is 0 Å². The summed E-state index contributed by atoms with van der Waals surface area (Å²) in [6.45, 7) is 0. The average molecular weight is 241 g/mol. The van der Waals surface area contributed by atoms with Crippen LogP contribution >= 0.6 is 11.8 Å². The lowest BCUT2D eigenvalue weighted by atomic mass is 10.4. The lowest BCUT2D eigenvalue weighted by Crippen LogP contribution is -2.21. The second-order valence-electron chi connectivity index (χ2n) is 2.09. The zero-order valence-electron chi connectivity index (χ0n) is 6.78. The molecule has 0 spiro atoms. The zero-order valence-corrected chi connectivity index (χ0v) is 8.42. The molecule has 1 atom stereocenters. The molecule has 0 aliphatic heterocycles. The van der Waals surface area contributed by atoms with Crippen molar-refractivity contribution in [2.24, 2.45) is 4.36 Å². The summed E-state index contributed by atoms with van der Waals surface area (Å²) in [5.74, 6) is -2.96. The third-order valence-corrected chi connectivity index (χ3v) is 2.43. The largest absolute Gasteiger partial charge is 0.481 e. The highest BCUT2D eigenvalue weighted by Gasteiger charge is 2.17. The molecular formula is C5H7NO6S2. The Morgan fingerprint density at radius 1 is 1.36 bits per heavy atom. The standard InChI is InChI=1S/C5H7NO6S2/c7-4(8)2-13-1-3(5(9)10)6-14(11)12/h3H,1-2H2,(H,7,8)(H,9,10). The first kappa shape index (κ1) is 12.9. The van der Waals surface area contributed by atoms with Gasteiger partial charge < -0.3 is 10.2 Å². The number of carbonyl (C=O) groups is 2. The fraction of sp³-hybridized carbons (Fsp3) is 0.600. The lowest BCUT2D eigenvalue weighted by Gasteiger charge is -2.02. The molecule has 2 N–H and O–H groups in total. The Kier molecular flexibility index (Phi) is 5.88. The van der Waals surface area contributed by atoms with Crippen LogP contribution in [0.3, 0.4) is 0 Å². The van der Waals surface area contributed by atoms with E-state index in [4.69, 9.17) is 10.2 Å². The van der Waals surface area contributed by atoms with Gasteiger partial charge in [-0.25, -0.2) is 4.79 Å². The molecule has 0 amide bonds. The van der Waals surface area contributed by atoms with Gasteiger partial charge in [0, 0.05) is 5.75 Å². The van der Waals surface area contributed by atoms with E-state index in [2.05, 4.69) is 4.36 Å². The smallest absolute Gasteiger partial charge is 0.330 e. The van der Waals surface area contributed by atoms with Crippen LogP contribution in [0.15, 0.2) is 4.36 Å². The SMILES string of the molecule is O=C(O)CSCC(N=S(=O)=O)C(=O)O. The minimum Gasteiger partial charge on any atom is -0.481 e. The van der Waals surface area contributed by atoms with Crippen molar-refractivity contribution in [1.82, 2.24) is 0 Å². The van der Waals surface area contributed by atoms with Crippen LogP contribution in [0, 0.1) is 0 Å². The number of carboxylic acids is 2. The predicted octanol–water partition coefficient (Wildman–Crippen LogP) is -0.680. The first-order valence-electron chi connectivity index (χ1n) is 3.26. The van der Waals surface area contributed by atoms with Crippen molar-refractivity contribution >= 4 is 34.2 Å². The molecule has 14 heavy (non-hydrogen) atoms. The predicted molar refractivity (Wildman–Crippen MR) is 47.7 cm³/mol. The van der Waals surface area contributed by atoms with Gasteiger partial charge in [-0.1, -0.05) is 0 Å². The maximum Gasteiger partial charge on any atom is 0.330 e. The summed E-state index contributed by atoms with van der Waals surface area (Å²) in [5.41, 5.74) is 0. The number of aliphatic carboxylic acids is 2. The van der Waals surface area contributed by atoms with E-state index in [9.17, 15) is 18.0 Å². The first-order valence-corrected chi connectivity index (χ1v) is 5.44. The van der Waals surface area contributed by atoms with Crippen LogP contribution in [-0.2, 0) is 20.1 Å². The summed E-state index contributed by atoms with van der Waals surface area (Å²) in [4.78, 5) is 20.4. The maximum absolute atomic E-state index is 10.4. The van der Waals surface area contributed by atoms with Crippen LogP contribution in [0.25, 0.3) is 0 Å². The molecule has 0 aromatic rings. The topological polar surface area (TPSA) is 121 Å². The van der Waals surface area contributed by atoms with Gasteiger partial charge in [-0.15, -0.1) is 11.8 Å². The van der Waals surface area contributed by atoms with Crippen molar-refractivity contribution in [2.45, 2.75) is 6.04 Å². The molecule has 0 bridgehead atoms. The van der Waals surface area contributed by atoms with E-state index in [1.807, 2.05) is 0 Å². The highest BCUT2D eigenvalue weighted by Crippen LogP contribution is 2.05. The number of rotatable bonds is 6. The van der Waals surface area contributed by atoms with Gasteiger partial charge in [-0.2, -0.15) is 12.8 Å². The van der Waals surface area contributed by atoms with Crippen LogP contribution in [0.5, 0.6) is 0 Å². The number of hydrogen-bond donors (Lipinski definition) is 2. The maximum atomic E-state index is 10.4. The van der Waals surface area contributed by atoms with E-state index in [1.54, 1.807) is 0 Å². The van der Waals surface area contributed by atoms with Gasteiger partial charge in [0.15, 0.2) is 6.04 Å². The molecule has 80 valence electrons. The molecule has 0 aromatic carbocycles. The van der Waals surface area contributed by atoms with E-state index >= 15 is 0 Å².